The first-order chi connectivity index (χ1) is 7.77. The summed E-state index contributed by atoms with van der Waals surface area (Å²) in [5, 5.41) is 17.8. The van der Waals surface area contributed by atoms with Crippen molar-refractivity contribution in [2.45, 2.75) is 26.8 Å². The van der Waals surface area contributed by atoms with Crippen molar-refractivity contribution in [2.24, 2.45) is 5.73 Å². The number of hydrogen-bond acceptors (Lipinski definition) is 5. The van der Waals surface area contributed by atoms with Gasteiger partial charge in [0.05, 0.1) is 0 Å². The molecule has 0 aromatic heterocycles. The van der Waals surface area contributed by atoms with Gasteiger partial charge in [-0.15, -0.1) is 0 Å². The first-order valence-corrected chi connectivity index (χ1v) is 4.93. The molecule has 0 spiro atoms. The van der Waals surface area contributed by atoms with Crippen LogP contribution in [0.15, 0.2) is 30.3 Å². The molecule has 0 saturated heterocycles. The van der Waals surface area contributed by atoms with E-state index in [1.54, 1.807) is 0 Å². The fourth-order valence-electron chi connectivity index (χ4n) is 0.757. The van der Waals surface area contributed by atoms with Crippen molar-refractivity contribution >= 4 is 11.9 Å². The largest absolute Gasteiger partial charge is 2.00 e. The predicted octanol–water partition coefficient (Wildman–Crippen LogP) is -0.784. The van der Waals surface area contributed by atoms with Gasteiger partial charge in [0.25, 0.3) is 0 Å². The molecular formula is C12H17NO4Zn. The van der Waals surface area contributed by atoms with E-state index in [4.69, 9.17) is 25.5 Å². The summed E-state index contributed by atoms with van der Waals surface area (Å²) >= 11 is 0. The Morgan fingerprint density at radius 2 is 1.33 bits per heavy atom. The number of carboxylic acid groups (broad SMARTS) is 2. The van der Waals surface area contributed by atoms with Crippen molar-refractivity contribution in [1.82, 2.24) is 0 Å². The summed E-state index contributed by atoms with van der Waals surface area (Å²) in [6.45, 7) is 3.93. The van der Waals surface area contributed by atoms with Crippen molar-refractivity contribution < 1.29 is 39.3 Å². The normalized spacial score (nSPS) is 9.33. The minimum Gasteiger partial charge on any atom is -0.550 e. The van der Waals surface area contributed by atoms with Crippen LogP contribution in [0.2, 0.25) is 0 Å². The van der Waals surface area contributed by atoms with E-state index in [1.807, 2.05) is 37.3 Å². The van der Waals surface area contributed by atoms with E-state index in [9.17, 15) is 0 Å². The van der Waals surface area contributed by atoms with E-state index < -0.39 is 11.9 Å². The third-order valence-corrected chi connectivity index (χ3v) is 1.33. The Morgan fingerprint density at radius 3 is 1.50 bits per heavy atom. The van der Waals surface area contributed by atoms with Crippen LogP contribution in [0.5, 0.6) is 0 Å². The molecule has 5 nitrogen and oxygen atoms in total. The zero-order valence-corrected chi connectivity index (χ0v) is 13.8. The van der Waals surface area contributed by atoms with Gasteiger partial charge in [-0.1, -0.05) is 30.3 Å². The van der Waals surface area contributed by atoms with E-state index >= 15 is 0 Å². The molecule has 1 unspecified atom stereocenters. The number of carbonyl (C=O) groups is 2. The number of aliphatic carboxylic acids is 2. The van der Waals surface area contributed by atoms with Gasteiger partial charge in [0.15, 0.2) is 0 Å². The third-order valence-electron chi connectivity index (χ3n) is 1.33. The van der Waals surface area contributed by atoms with Gasteiger partial charge in [0.1, 0.15) is 0 Å². The molecule has 0 heterocycles. The SMILES string of the molecule is CC(=O)[O-].CC(=O)[O-].CC(N)c1ccccc1.[Zn+2]. The average molecular weight is 305 g/mol. The quantitative estimate of drug-likeness (QED) is 0.685. The minimum atomic E-state index is -1.08. The van der Waals surface area contributed by atoms with Crippen LogP contribution in [-0.4, -0.2) is 11.9 Å². The van der Waals surface area contributed by atoms with Crippen molar-refractivity contribution in [1.29, 1.82) is 0 Å². The zero-order chi connectivity index (χ0) is 13.8. The number of hydrogen-bond donors (Lipinski definition) is 1. The average Bonchev–Trinajstić information content (AvgIpc) is 2.17. The van der Waals surface area contributed by atoms with Gasteiger partial charge >= 0.3 is 19.5 Å². The standard InChI is InChI=1S/C8H11N.2C2H4O2.Zn/c1-7(9)8-5-3-2-4-6-8;2*1-2(3)4;/h2-7H,9H2,1H3;2*1H3,(H,3,4);/q;;;+2/p-2. The number of nitrogens with two attached hydrogens (primary N) is 1. The van der Waals surface area contributed by atoms with Crippen LogP contribution >= 0.6 is 0 Å². The Balaban J connectivity index is -0.000000214. The number of carbonyl (C=O) groups excluding carboxylic acids is 2. The van der Waals surface area contributed by atoms with Gasteiger partial charge < -0.3 is 25.5 Å². The molecule has 0 aliphatic carbocycles. The van der Waals surface area contributed by atoms with Gasteiger partial charge in [-0.05, 0) is 26.3 Å². The molecule has 0 radical (unpaired) electrons. The maximum Gasteiger partial charge on any atom is 2.00 e. The van der Waals surface area contributed by atoms with Crippen LogP contribution in [0.25, 0.3) is 0 Å². The first-order valence-electron chi connectivity index (χ1n) is 4.93. The van der Waals surface area contributed by atoms with E-state index in [-0.39, 0.29) is 25.5 Å². The number of carboxylic acids is 2. The fourth-order valence-corrected chi connectivity index (χ4v) is 0.757. The van der Waals surface area contributed by atoms with Gasteiger partial charge in [-0.3, -0.25) is 0 Å². The summed E-state index contributed by atoms with van der Waals surface area (Å²) in [6, 6.07) is 10.2. The summed E-state index contributed by atoms with van der Waals surface area (Å²) in [4.78, 5) is 17.8. The van der Waals surface area contributed by atoms with E-state index in [0.29, 0.717) is 0 Å². The topological polar surface area (TPSA) is 106 Å². The van der Waals surface area contributed by atoms with Crippen molar-refractivity contribution in [3.63, 3.8) is 0 Å². The zero-order valence-electron chi connectivity index (χ0n) is 10.9. The van der Waals surface area contributed by atoms with Gasteiger partial charge in [-0.25, -0.2) is 0 Å². The molecule has 96 valence electrons. The van der Waals surface area contributed by atoms with Crippen LogP contribution in [0.3, 0.4) is 0 Å². The summed E-state index contributed by atoms with van der Waals surface area (Å²) < 4.78 is 0. The molecule has 0 amide bonds. The monoisotopic (exact) mass is 303 g/mol. The van der Waals surface area contributed by atoms with E-state index in [1.165, 1.54) is 5.56 Å². The Labute approximate surface area is 120 Å². The molecule has 0 aliphatic heterocycles. The molecule has 6 heteroatoms. The van der Waals surface area contributed by atoms with Gasteiger partial charge in [-0.2, -0.15) is 0 Å². The summed E-state index contributed by atoms with van der Waals surface area (Å²) in [5.74, 6) is -2.17. The third kappa shape index (κ3) is 24.1. The Hall–Kier alpha value is -1.26. The second-order valence-electron chi connectivity index (χ2n) is 3.18. The molecule has 0 aliphatic rings. The molecule has 1 aromatic carbocycles. The van der Waals surface area contributed by atoms with E-state index in [0.717, 1.165) is 13.8 Å². The molecule has 1 rings (SSSR count). The maximum absolute atomic E-state index is 8.89. The number of rotatable bonds is 1. The molecule has 0 fully saturated rings. The van der Waals surface area contributed by atoms with Crippen LogP contribution in [0, 0.1) is 0 Å². The van der Waals surface area contributed by atoms with Gasteiger partial charge in [0, 0.05) is 18.0 Å². The molecule has 1 atom stereocenters. The fraction of sp³-hybridized carbons (Fsp3) is 0.333. The summed E-state index contributed by atoms with van der Waals surface area (Å²) in [5.41, 5.74) is 6.81. The molecule has 2 N–H and O–H groups in total. The molecule has 1 aromatic rings. The molecule has 0 saturated carbocycles. The summed E-state index contributed by atoms with van der Waals surface area (Å²) in [6.07, 6.45) is 0. The Morgan fingerprint density at radius 1 is 1.06 bits per heavy atom. The molecule has 18 heavy (non-hydrogen) atoms. The van der Waals surface area contributed by atoms with Crippen molar-refractivity contribution in [2.75, 3.05) is 0 Å². The van der Waals surface area contributed by atoms with Crippen molar-refractivity contribution in [3.8, 4) is 0 Å². The second-order valence-corrected chi connectivity index (χ2v) is 3.18. The maximum atomic E-state index is 8.89. The number of benzene rings is 1. The summed E-state index contributed by atoms with van der Waals surface area (Å²) in [7, 11) is 0. The Bertz CT molecular complexity index is 308. The Kier molecular flexibility index (Phi) is 16.9. The second kappa shape index (κ2) is 13.8. The van der Waals surface area contributed by atoms with E-state index in [2.05, 4.69) is 0 Å². The van der Waals surface area contributed by atoms with Crippen LogP contribution in [-0.2, 0) is 29.1 Å². The minimum absolute atomic E-state index is 0. The van der Waals surface area contributed by atoms with Crippen LogP contribution in [0.1, 0.15) is 32.4 Å². The smallest absolute Gasteiger partial charge is 0.550 e. The van der Waals surface area contributed by atoms with Crippen LogP contribution in [0.4, 0.5) is 0 Å². The first kappa shape index (κ1) is 22.0. The van der Waals surface area contributed by atoms with Gasteiger partial charge in [0.2, 0.25) is 0 Å². The van der Waals surface area contributed by atoms with Crippen molar-refractivity contribution in [3.05, 3.63) is 35.9 Å². The molecular weight excluding hydrogens is 288 g/mol. The molecule has 0 bridgehead atoms. The van der Waals surface area contributed by atoms with Crippen LogP contribution < -0.4 is 15.9 Å². The predicted molar refractivity (Wildman–Crippen MR) is 60.4 cm³/mol.